The minimum absolute atomic E-state index is 0.0349. The van der Waals surface area contributed by atoms with Crippen LogP contribution in [0, 0.1) is 12.7 Å². The van der Waals surface area contributed by atoms with Crippen LogP contribution in [0.2, 0.25) is 0 Å². The normalized spacial score (nSPS) is 14.8. The van der Waals surface area contributed by atoms with Gasteiger partial charge in [-0.15, -0.1) is 0 Å². The second kappa shape index (κ2) is 10.0. The lowest BCUT2D eigenvalue weighted by Crippen LogP contribution is -2.35. The number of esters is 1. The zero-order chi connectivity index (χ0) is 22.4. The van der Waals surface area contributed by atoms with Crippen molar-refractivity contribution in [3.8, 4) is 0 Å². The molecule has 2 aromatic carbocycles. The molecule has 1 N–H and O–H groups in total. The Bertz CT molecular complexity index is 1050. The van der Waals surface area contributed by atoms with Crippen molar-refractivity contribution in [1.29, 1.82) is 0 Å². The number of hydrogen-bond acceptors (Lipinski definition) is 5. The summed E-state index contributed by atoms with van der Waals surface area (Å²) in [6.45, 7) is 2.25. The molecule has 1 saturated heterocycles. The maximum absolute atomic E-state index is 12.9. The first-order valence-electron chi connectivity index (χ1n) is 10.1. The van der Waals surface area contributed by atoms with Crippen molar-refractivity contribution in [2.75, 3.05) is 19.7 Å². The summed E-state index contributed by atoms with van der Waals surface area (Å²) in [6, 6.07) is 9.99. The number of hydrogen-bond donors (Lipinski definition) is 1. The molecule has 0 atom stereocenters. The van der Waals surface area contributed by atoms with Gasteiger partial charge in [-0.1, -0.05) is 24.6 Å². The minimum atomic E-state index is -3.69. The van der Waals surface area contributed by atoms with E-state index in [2.05, 4.69) is 5.32 Å². The third-order valence-electron chi connectivity index (χ3n) is 5.12. The fourth-order valence-electron chi connectivity index (χ4n) is 3.30. The summed E-state index contributed by atoms with van der Waals surface area (Å²) in [5.41, 5.74) is 1.35. The first-order valence-corrected chi connectivity index (χ1v) is 11.5. The number of nitrogens with one attached hydrogen (secondary N) is 1. The van der Waals surface area contributed by atoms with Gasteiger partial charge >= 0.3 is 5.97 Å². The number of carbonyl (C=O) groups excluding carboxylic acids is 2. The van der Waals surface area contributed by atoms with E-state index < -0.39 is 28.5 Å². The van der Waals surface area contributed by atoms with E-state index in [0.717, 1.165) is 19.3 Å². The Labute approximate surface area is 181 Å². The summed E-state index contributed by atoms with van der Waals surface area (Å²) < 4.78 is 45.1. The molecule has 0 aromatic heterocycles. The van der Waals surface area contributed by atoms with Crippen LogP contribution in [0.25, 0.3) is 0 Å². The number of benzene rings is 2. The number of piperidine rings is 1. The maximum Gasteiger partial charge on any atom is 0.338 e. The predicted octanol–water partition coefficient (Wildman–Crippen LogP) is 2.78. The highest BCUT2D eigenvalue weighted by Gasteiger charge is 2.27. The number of amides is 1. The van der Waals surface area contributed by atoms with Gasteiger partial charge < -0.3 is 10.1 Å². The SMILES string of the molecule is Cc1ccc(S(=O)(=O)N2CCCCC2)cc1C(=O)OCC(=O)NCc1ccc(F)cc1. The van der Waals surface area contributed by atoms with E-state index >= 15 is 0 Å². The molecule has 2 aromatic rings. The molecule has 1 amide bonds. The van der Waals surface area contributed by atoms with Crippen LogP contribution in [-0.2, 0) is 26.1 Å². The standard InChI is InChI=1S/C22H25FN2O5S/c1-16-5-10-19(31(28,29)25-11-3-2-4-12-25)13-20(16)22(27)30-15-21(26)24-14-17-6-8-18(23)9-7-17/h5-10,13H,2-4,11-12,14-15H2,1H3,(H,24,26). The summed E-state index contributed by atoms with van der Waals surface area (Å²) in [5, 5.41) is 2.58. The van der Waals surface area contributed by atoms with E-state index in [-0.39, 0.29) is 22.8 Å². The minimum Gasteiger partial charge on any atom is -0.452 e. The highest BCUT2D eigenvalue weighted by Crippen LogP contribution is 2.23. The van der Waals surface area contributed by atoms with E-state index in [0.29, 0.717) is 24.2 Å². The van der Waals surface area contributed by atoms with Crippen molar-refractivity contribution < 1.29 is 27.1 Å². The summed E-state index contributed by atoms with van der Waals surface area (Å²) in [4.78, 5) is 24.5. The Morgan fingerprint density at radius 1 is 1.06 bits per heavy atom. The van der Waals surface area contributed by atoms with Crippen molar-refractivity contribution in [2.24, 2.45) is 0 Å². The Morgan fingerprint density at radius 2 is 1.74 bits per heavy atom. The van der Waals surface area contributed by atoms with E-state index in [4.69, 9.17) is 4.74 Å². The van der Waals surface area contributed by atoms with Crippen molar-refractivity contribution in [2.45, 2.75) is 37.6 Å². The first-order chi connectivity index (χ1) is 14.8. The molecule has 1 aliphatic rings. The van der Waals surface area contributed by atoms with Crippen molar-refractivity contribution >= 4 is 21.9 Å². The fraction of sp³-hybridized carbons (Fsp3) is 0.364. The number of aryl methyl sites for hydroxylation is 1. The summed E-state index contributed by atoms with van der Waals surface area (Å²) >= 11 is 0. The molecule has 1 heterocycles. The van der Waals surface area contributed by atoms with Crippen LogP contribution in [0.1, 0.15) is 40.7 Å². The van der Waals surface area contributed by atoms with Crippen LogP contribution in [0.4, 0.5) is 4.39 Å². The number of halogens is 1. The lowest BCUT2D eigenvalue weighted by atomic mass is 10.1. The molecule has 1 fully saturated rings. The number of rotatable bonds is 7. The molecule has 0 unspecified atom stereocenters. The van der Waals surface area contributed by atoms with Crippen molar-refractivity contribution in [3.63, 3.8) is 0 Å². The number of sulfonamides is 1. The molecule has 9 heteroatoms. The molecule has 0 radical (unpaired) electrons. The third kappa shape index (κ3) is 5.89. The molecule has 0 spiro atoms. The Hall–Kier alpha value is -2.78. The average Bonchev–Trinajstić information content (AvgIpc) is 2.78. The van der Waals surface area contributed by atoms with Gasteiger partial charge in [0.15, 0.2) is 6.61 Å². The van der Waals surface area contributed by atoms with Gasteiger partial charge in [-0.3, -0.25) is 4.79 Å². The number of nitrogens with zero attached hydrogens (tertiary/aromatic N) is 1. The lowest BCUT2D eigenvalue weighted by molar-refractivity contribution is -0.124. The molecule has 0 aliphatic carbocycles. The van der Waals surface area contributed by atoms with Gasteiger partial charge in [0, 0.05) is 19.6 Å². The Morgan fingerprint density at radius 3 is 2.42 bits per heavy atom. The van der Waals surface area contributed by atoms with Crippen molar-refractivity contribution in [3.05, 3.63) is 65.0 Å². The highest BCUT2D eigenvalue weighted by atomic mass is 32.2. The zero-order valence-electron chi connectivity index (χ0n) is 17.3. The molecule has 31 heavy (non-hydrogen) atoms. The second-order valence-electron chi connectivity index (χ2n) is 7.42. The molecule has 7 nitrogen and oxygen atoms in total. The van der Waals surface area contributed by atoms with E-state index in [9.17, 15) is 22.4 Å². The van der Waals surface area contributed by atoms with Crippen LogP contribution in [0.5, 0.6) is 0 Å². The number of carbonyl (C=O) groups is 2. The van der Waals surface area contributed by atoms with Gasteiger partial charge in [0.1, 0.15) is 5.82 Å². The van der Waals surface area contributed by atoms with Crippen LogP contribution in [0.15, 0.2) is 47.4 Å². The first kappa shape index (κ1) is 22.9. The molecule has 0 saturated carbocycles. The van der Waals surface area contributed by atoms with E-state index in [1.54, 1.807) is 25.1 Å². The monoisotopic (exact) mass is 448 g/mol. The number of ether oxygens (including phenoxy) is 1. The topological polar surface area (TPSA) is 92.8 Å². The molecule has 1 aliphatic heterocycles. The summed E-state index contributed by atoms with van der Waals surface area (Å²) in [6.07, 6.45) is 2.63. The van der Waals surface area contributed by atoms with Gasteiger partial charge in [-0.2, -0.15) is 4.31 Å². The summed E-state index contributed by atoms with van der Waals surface area (Å²) in [5.74, 6) is -1.67. The average molecular weight is 449 g/mol. The predicted molar refractivity (Wildman–Crippen MR) is 112 cm³/mol. The fourth-order valence-corrected chi connectivity index (χ4v) is 4.84. The van der Waals surface area contributed by atoms with Crippen LogP contribution < -0.4 is 5.32 Å². The lowest BCUT2D eigenvalue weighted by Gasteiger charge is -2.26. The van der Waals surface area contributed by atoms with Gasteiger partial charge in [0.25, 0.3) is 5.91 Å². The second-order valence-corrected chi connectivity index (χ2v) is 9.36. The van der Waals surface area contributed by atoms with Crippen LogP contribution >= 0.6 is 0 Å². The van der Waals surface area contributed by atoms with Gasteiger partial charge in [0.2, 0.25) is 10.0 Å². The molecular formula is C22H25FN2O5S. The van der Waals surface area contributed by atoms with Gasteiger partial charge in [0.05, 0.1) is 10.5 Å². The van der Waals surface area contributed by atoms with Crippen molar-refractivity contribution in [1.82, 2.24) is 9.62 Å². The van der Waals surface area contributed by atoms with Gasteiger partial charge in [-0.25, -0.2) is 17.6 Å². The molecule has 3 rings (SSSR count). The third-order valence-corrected chi connectivity index (χ3v) is 7.01. The van der Waals surface area contributed by atoms with Crippen LogP contribution in [-0.4, -0.2) is 44.3 Å². The molecule has 166 valence electrons. The maximum atomic E-state index is 12.9. The quantitative estimate of drug-likeness (QED) is 0.658. The zero-order valence-corrected chi connectivity index (χ0v) is 18.1. The largest absolute Gasteiger partial charge is 0.452 e. The molecule has 0 bridgehead atoms. The van der Waals surface area contributed by atoms with E-state index in [1.807, 2.05) is 0 Å². The Kier molecular flexibility index (Phi) is 7.40. The molecular weight excluding hydrogens is 423 g/mol. The Balaban J connectivity index is 1.61. The smallest absolute Gasteiger partial charge is 0.338 e. The van der Waals surface area contributed by atoms with Crippen LogP contribution in [0.3, 0.4) is 0 Å². The van der Waals surface area contributed by atoms with E-state index in [1.165, 1.54) is 28.6 Å². The highest BCUT2D eigenvalue weighted by molar-refractivity contribution is 7.89. The summed E-state index contributed by atoms with van der Waals surface area (Å²) in [7, 11) is -3.69. The van der Waals surface area contributed by atoms with Gasteiger partial charge in [-0.05, 0) is 55.2 Å².